The van der Waals surface area contributed by atoms with Crippen molar-refractivity contribution in [2.24, 2.45) is 0 Å². The van der Waals surface area contributed by atoms with Gasteiger partial charge >= 0.3 is 0 Å². The molecule has 1 aliphatic rings. The number of nitrogens with one attached hydrogen (secondary N) is 2. The molecular weight excluding hydrogens is 92.1 g/mol. The Labute approximate surface area is 39.7 Å². The zero-order chi connectivity index (χ0) is 5.44. The van der Waals surface area contributed by atoms with Gasteiger partial charge < -0.3 is 0 Å². The Morgan fingerprint density at radius 3 is 2.00 bits per heavy atom. The molecule has 0 aliphatic heterocycles. The van der Waals surface area contributed by atoms with E-state index in [0.717, 1.165) is 0 Å². The fourth-order valence-corrected chi connectivity index (χ4v) is 0.290. The van der Waals surface area contributed by atoms with Crippen LogP contribution >= 0.6 is 0 Å². The zero-order valence-electron chi connectivity index (χ0n) is 3.41. The molecular formula is C4H2N2O. The van der Waals surface area contributed by atoms with Crippen LogP contribution in [0.15, 0.2) is 5.57 Å². The van der Waals surface area contributed by atoms with E-state index in [0.29, 0.717) is 0 Å². The normalized spacial score (nSPS) is 16.9. The van der Waals surface area contributed by atoms with E-state index < -0.39 is 0 Å². The number of allylic oxidation sites excluding steroid dienone is 1. The summed E-state index contributed by atoms with van der Waals surface area (Å²) in [7, 11) is 0. The number of Topliss-reactive ketones (excluding diaryl/α,β-unsaturated/α-hetero) is 1. The summed E-state index contributed by atoms with van der Waals surface area (Å²) in [5.41, 5.74) is 0.0648. The molecule has 0 amide bonds. The van der Waals surface area contributed by atoms with Gasteiger partial charge in [-0.15, -0.1) is 0 Å². The smallest absolute Gasteiger partial charge is 0.223 e. The standard InChI is InChI=1S/C4H2N2O/c5-1-2-3(6)4(2)7/h5-6H. The second-order valence-corrected chi connectivity index (χ2v) is 1.20. The Hall–Kier alpha value is -1.21. The Kier molecular flexibility index (Phi) is 0.504. The predicted octanol–water partition coefficient (Wildman–Crippen LogP) is -0.236. The van der Waals surface area contributed by atoms with E-state index in [9.17, 15) is 4.79 Å². The van der Waals surface area contributed by atoms with Crippen molar-refractivity contribution in [1.82, 2.24) is 0 Å². The molecule has 1 aliphatic carbocycles. The average Bonchev–Trinajstić information content (AvgIpc) is 2.17. The highest BCUT2D eigenvalue weighted by Gasteiger charge is 2.36. The molecule has 0 radical (unpaired) electrons. The molecule has 3 nitrogen and oxygen atoms in total. The van der Waals surface area contributed by atoms with Gasteiger partial charge in [-0.3, -0.25) is 15.6 Å². The summed E-state index contributed by atoms with van der Waals surface area (Å²) in [5.74, 6) is 1.49. The summed E-state index contributed by atoms with van der Waals surface area (Å²) in [6.45, 7) is 0. The van der Waals surface area contributed by atoms with Gasteiger partial charge in [0, 0.05) is 0 Å². The second kappa shape index (κ2) is 0.891. The first-order valence-corrected chi connectivity index (χ1v) is 1.70. The van der Waals surface area contributed by atoms with Crippen molar-refractivity contribution in [3.8, 4) is 0 Å². The van der Waals surface area contributed by atoms with Crippen LogP contribution in [-0.4, -0.2) is 17.4 Å². The minimum atomic E-state index is -0.338. The first-order valence-electron chi connectivity index (χ1n) is 1.70. The summed E-state index contributed by atoms with van der Waals surface area (Å²) in [5, 5.41) is 12.9. The molecule has 0 heterocycles. The van der Waals surface area contributed by atoms with Crippen molar-refractivity contribution in [3.63, 3.8) is 0 Å². The van der Waals surface area contributed by atoms with Gasteiger partial charge in [0.25, 0.3) is 0 Å². The SMILES string of the molecule is N=C=C1C(=N)C1=O. The highest BCUT2D eigenvalue weighted by Crippen LogP contribution is 2.12. The third-order valence-electron chi connectivity index (χ3n) is 0.767. The molecule has 1 fully saturated rings. The van der Waals surface area contributed by atoms with Crippen molar-refractivity contribution in [3.05, 3.63) is 5.57 Å². The van der Waals surface area contributed by atoms with Gasteiger partial charge in [0.05, 0.1) is 0 Å². The fourth-order valence-electron chi connectivity index (χ4n) is 0.290. The van der Waals surface area contributed by atoms with E-state index in [1.807, 2.05) is 5.87 Å². The maximum atomic E-state index is 10.0. The number of rotatable bonds is 0. The zero-order valence-corrected chi connectivity index (χ0v) is 3.41. The first-order chi connectivity index (χ1) is 3.27. The van der Waals surface area contributed by atoms with Gasteiger partial charge in [-0.2, -0.15) is 0 Å². The molecule has 34 valence electrons. The lowest BCUT2D eigenvalue weighted by Crippen LogP contribution is -1.60. The molecule has 0 saturated heterocycles. The van der Waals surface area contributed by atoms with Crippen molar-refractivity contribution in [1.29, 1.82) is 10.8 Å². The summed E-state index contributed by atoms with van der Waals surface area (Å²) >= 11 is 0. The number of ketones is 1. The molecule has 3 heteroatoms. The van der Waals surface area contributed by atoms with E-state index in [1.54, 1.807) is 0 Å². The third kappa shape index (κ3) is 0.320. The molecule has 7 heavy (non-hydrogen) atoms. The molecule has 2 N–H and O–H groups in total. The fraction of sp³-hybridized carbons (Fsp3) is 0. The van der Waals surface area contributed by atoms with Crippen molar-refractivity contribution < 1.29 is 4.79 Å². The Balaban J connectivity index is 3.14. The van der Waals surface area contributed by atoms with E-state index >= 15 is 0 Å². The molecule has 0 aromatic heterocycles. The van der Waals surface area contributed by atoms with Crippen molar-refractivity contribution in [2.45, 2.75) is 0 Å². The number of hydrogen-bond acceptors (Lipinski definition) is 3. The molecule has 0 unspecified atom stereocenters. The Morgan fingerprint density at radius 1 is 1.57 bits per heavy atom. The minimum absolute atomic E-state index is 0.0602. The van der Waals surface area contributed by atoms with Crippen LogP contribution in [-0.2, 0) is 4.79 Å². The van der Waals surface area contributed by atoms with Crippen molar-refractivity contribution in [2.75, 3.05) is 0 Å². The van der Waals surface area contributed by atoms with Crippen LogP contribution in [0.2, 0.25) is 0 Å². The van der Waals surface area contributed by atoms with E-state index in [1.165, 1.54) is 0 Å². The maximum Gasteiger partial charge on any atom is 0.223 e. The van der Waals surface area contributed by atoms with Gasteiger partial charge in [-0.25, -0.2) is 0 Å². The summed E-state index contributed by atoms with van der Waals surface area (Å²) in [4.78, 5) is 10.0. The van der Waals surface area contributed by atoms with Crippen LogP contribution in [0, 0.1) is 10.8 Å². The molecule has 0 atom stereocenters. The van der Waals surface area contributed by atoms with Crippen LogP contribution < -0.4 is 0 Å². The second-order valence-electron chi connectivity index (χ2n) is 1.20. The largest absolute Gasteiger partial charge is 0.296 e. The topological polar surface area (TPSA) is 64.8 Å². The molecule has 1 rings (SSSR count). The van der Waals surface area contributed by atoms with E-state index in [4.69, 9.17) is 10.8 Å². The lowest BCUT2D eigenvalue weighted by atomic mass is 10.7. The van der Waals surface area contributed by atoms with E-state index in [-0.39, 0.29) is 17.1 Å². The number of hydrogen-bond donors (Lipinski definition) is 2. The monoisotopic (exact) mass is 94.0 g/mol. The van der Waals surface area contributed by atoms with Gasteiger partial charge in [0.2, 0.25) is 5.78 Å². The molecule has 0 spiro atoms. The molecule has 1 saturated carbocycles. The quantitative estimate of drug-likeness (QED) is 0.316. The average molecular weight is 94.1 g/mol. The van der Waals surface area contributed by atoms with Crippen LogP contribution in [0.4, 0.5) is 0 Å². The van der Waals surface area contributed by atoms with E-state index in [2.05, 4.69) is 0 Å². The van der Waals surface area contributed by atoms with Gasteiger partial charge in [0.1, 0.15) is 11.3 Å². The number of carbonyl (C=O) groups excluding carboxylic acids is 1. The maximum absolute atomic E-state index is 10.0. The van der Waals surface area contributed by atoms with Crippen LogP contribution in [0.1, 0.15) is 0 Å². The van der Waals surface area contributed by atoms with Gasteiger partial charge in [-0.05, 0) is 5.87 Å². The summed E-state index contributed by atoms with van der Waals surface area (Å²) in [6.07, 6.45) is 0. The highest BCUT2D eigenvalue weighted by molar-refractivity contribution is 6.77. The lowest BCUT2D eigenvalue weighted by Gasteiger charge is -1.38. The lowest BCUT2D eigenvalue weighted by molar-refractivity contribution is -0.106. The molecule has 0 aromatic carbocycles. The van der Waals surface area contributed by atoms with Crippen LogP contribution in [0.5, 0.6) is 0 Å². The van der Waals surface area contributed by atoms with Crippen LogP contribution in [0.25, 0.3) is 0 Å². The van der Waals surface area contributed by atoms with Gasteiger partial charge in [-0.1, -0.05) is 0 Å². The highest BCUT2D eigenvalue weighted by atomic mass is 16.1. The van der Waals surface area contributed by atoms with Crippen molar-refractivity contribution >= 4 is 17.4 Å². The minimum Gasteiger partial charge on any atom is -0.296 e. The Morgan fingerprint density at radius 2 is 2.00 bits per heavy atom. The predicted molar refractivity (Wildman–Crippen MR) is 24.0 cm³/mol. The summed E-state index contributed by atoms with van der Waals surface area (Å²) in [6, 6.07) is 0. The molecule has 0 bridgehead atoms. The Bertz CT molecular complexity index is 182. The third-order valence-corrected chi connectivity index (χ3v) is 0.767. The number of carbonyl (C=O) groups is 1. The first kappa shape index (κ1) is 3.96. The molecule has 0 aromatic rings. The summed E-state index contributed by atoms with van der Waals surface area (Å²) < 4.78 is 0. The van der Waals surface area contributed by atoms with Gasteiger partial charge in [0.15, 0.2) is 0 Å². The van der Waals surface area contributed by atoms with Crippen LogP contribution in [0.3, 0.4) is 0 Å².